The van der Waals surface area contributed by atoms with Crippen LogP contribution < -0.4 is 5.32 Å². The number of ether oxygens (including phenoxy) is 1. The third-order valence-electron chi connectivity index (χ3n) is 2.47. The molecule has 0 aliphatic heterocycles. The van der Waals surface area contributed by atoms with Crippen molar-refractivity contribution in [3.8, 4) is 0 Å². The zero-order valence-corrected chi connectivity index (χ0v) is 12.2. The average molecular weight is 285 g/mol. The van der Waals surface area contributed by atoms with E-state index >= 15 is 0 Å². The predicted octanol–water partition coefficient (Wildman–Crippen LogP) is 1.84. The van der Waals surface area contributed by atoms with Crippen molar-refractivity contribution < 1.29 is 17.9 Å². The highest BCUT2D eigenvalue weighted by atomic mass is 32.2. The lowest BCUT2D eigenvalue weighted by molar-refractivity contribution is -0.143. The quantitative estimate of drug-likeness (QED) is 0.807. The summed E-state index contributed by atoms with van der Waals surface area (Å²) in [6.07, 6.45) is 1.43. The first-order chi connectivity index (χ1) is 8.82. The highest BCUT2D eigenvalue weighted by molar-refractivity contribution is 7.90. The maximum Gasteiger partial charge on any atom is 0.307 e. The Bertz CT molecular complexity index is 522. The monoisotopic (exact) mass is 285 g/mol. The van der Waals surface area contributed by atoms with Crippen LogP contribution in [0.1, 0.15) is 20.3 Å². The number of anilines is 1. The van der Waals surface area contributed by atoms with E-state index in [1.807, 2.05) is 6.92 Å². The molecular formula is C13H19NO4S. The van der Waals surface area contributed by atoms with Crippen LogP contribution in [0.4, 0.5) is 5.69 Å². The smallest absolute Gasteiger partial charge is 0.307 e. The van der Waals surface area contributed by atoms with E-state index in [0.29, 0.717) is 6.61 Å². The minimum absolute atomic E-state index is 0.0804. The average Bonchev–Trinajstić information content (AvgIpc) is 2.28. The third kappa shape index (κ3) is 5.30. The number of rotatable bonds is 6. The largest absolute Gasteiger partial charge is 0.466 e. The number of benzene rings is 1. The molecule has 0 spiro atoms. The van der Waals surface area contributed by atoms with Gasteiger partial charge in [0.2, 0.25) is 0 Å². The fourth-order valence-corrected chi connectivity index (χ4v) is 2.23. The second-order valence-corrected chi connectivity index (χ2v) is 6.37. The normalized spacial score (nSPS) is 12.8. The van der Waals surface area contributed by atoms with Crippen LogP contribution in [0.2, 0.25) is 0 Å². The summed E-state index contributed by atoms with van der Waals surface area (Å²) >= 11 is 0. The van der Waals surface area contributed by atoms with Crippen LogP contribution in [0.3, 0.4) is 0 Å². The van der Waals surface area contributed by atoms with E-state index in [2.05, 4.69) is 5.32 Å². The molecular weight excluding hydrogens is 266 g/mol. The number of esters is 1. The molecule has 0 heterocycles. The summed E-state index contributed by atoms with van der Waals surface area (Å²) in [6, 6.07) is 6.35. The molecule has 19 heavy (non-hydrogen) atoms. The summed E-state index contributed by atoms with van der Waals surface area (Å²) in [5.41, 5.74) is 0.768. The van der Waals surface area contributed by atoms with Crippen molar-refractivity contribution >= 4 is 21.5 Å². The van der Waals surface area contributed by atoms with Crippen molar-refractivity contribution in [3.63, 3.8) is 0 Å². The highest BCUT2D eigenvalue weighted by Gasteiger charge is 2.10. The predicted molar refractivity (Wildman–Crippen MR) is 73.9 cm³/mol. The van der Waals surface area contributed by atoms with E-state index in [1.54, 1.807) is 19.1 Å². The van der Waals surface area contributed by atoms with Gasteiger partial charge in [-0.2, -0.15) is 0 Å². The molecule has 0 bridgehead atoms. The summed E-state index contributed by atoms with van der Waals surface area (Å²) in [6.45, 7) is 4.00. The van der Waals surface area contributed by atoms with Gasteiger partial charge in [0, 0.05) is 18.0 Å². The molecule has 0 amide bonds. The topological polar surface area (TPSA) is 72.5 Å². The Hall–Kier alpha value is -1.56. The lowest BCUT2D eigenvalue weighted by Crippen LogP contribution is -2.21. The SMILES string of the molecule is CCOC(=O)CC(C)Nc1ccc(S(C)(=O)=O)cc1. The molecule has 0 radical (unpaired) electrons. The van der Waals surface area contributed by atoms with Crippen molar-refractivity contribution in [1.29, 1.82) is 0 Å². The van der Waals surface area contributed by atoms with Crippen molar-refractivity contribution in [3.05, 3.63) is 24.3 Å². The van der Waals surface area contributed by atoms with Gasteiger partial charge in [-0.15, -0.1) is 0 Å². The number of carbonyl (C=O) groups is 1. The molecule has 0 saturated heterocycles. The highest BCUT2D eigenvalue weighted by Crippen LogP contribution is 2.15. The molecule has 0 aliphatic rings. The molecule has 0 saturated carbocycles. The maximum absolute atomic E-state index is 11.3. The molecule has 0 aliphatic carbocycles. The van der Waals surface area contributed by atoms with Gasteiger partial charge in [0.15, 0.2) is 9.84 Å². The molecule has 1 atom stereocenters. The van der Waals surface area contributed by atoms with E-state index in [9.17, 15) is 13.2 Å². The number of hydrogen-bond acceptors (Lipinski definition) is 5. The molecule has 0 fully saturated rings. The van der Waals surface area contributed by atoms with Crippen LogP contribution in [-0.2, 0) is 19.4 Å². The molecule has 0 aromatic heterocycles. The van der Waals surface area contributed by atoms with E-state index in [0.717, 1.165) is 5.69 Å². The van der Waals surface area contributed by atoms with Crippen molar-refractivity contribution in [2.75, 3.05) is 18.2 Å². The molecule has 6 heteroatoms. The van der Waals surface area contributed by atoms with E-state index < -0.39 is 9.84 Å². The number of sulfone groups is 1. The fraction of sp³-hybridized carbons (Fsp3) is 0.462. The van der Waals surface area contributed by atoms with Gasteiger partial charge in [0.25, 0.3) is 0 Å². The first-order valence-corrected chi connectivity index (χ1v) is 7.94. The van der Waals surface area contributed by atoms with Crippen LogP contribution in [0.15, 0.2) is 29.2 Å². The maximum atomic E-state index is 11.3. The molecule has 106 valence electrons. The Balaban J connectivity index is 2.61. The second kappa shape index (κ2) is 6.56. The minimum Gasteiger partial charge on any atom is -0.466 e. The molecule has 5 nitrogen and oxygen atoms in total. The van der Waals surface area contributed by atoms with Crippen molar-refractivity contribution in [2.24, 2.45) is 0 Å². The number of nitrogens with one attached hydrogen (secondary N) is 1. The van der Waals surface area contributed by atoms with Gasteiger partial charge in [-0.1, -0.05) is 0 Å². The van der Waals surface area contributed by atoms with Crippen LogP contribution >= 0.6 is 0 Å². The summed E-state index contributed by atoms with van der Waals surface area (Å²) in [7, 11) is -3.18. The Kier molecular flexibility index (Phi) is 5.35. The van der Waals surface area contributed by atoms with Gasteiger partial charge in [0.1, 0.15) is 0 Å². The molecule has 1 rings (SSSR count). The minimum atomic E-state index is -3.18. The summed E-state index contributed by atoms with van der Waals surface area (Å²) < 4.78 is 27.5. The first kappa shape index (κ1) is 15.5. The molecule has 1 aromatic rings. The lowest BCUT2D eigenvalue weighted by Gasteiger charge is -2.14. The van der Waals surface area contributed by atoms with E-state index in [-0.39, 0.29) is 23.3 Å². The molecule has 1 unspecified atom stereocenters. The third-order valence-corrected chi connectivity index (χ3v) is 3.60. The van der Waals surface area contributed by atoms with Crippen LogP contribution in [-0.4, -0.2) is 33.3 Å². The first-order valence-electron chi connectivity index (χ1n) is 6.05. The van der Waals surface area contributed by atoms with Gasteiger partial charge in [-0.3, -0.25) is 4.79 Å². The van der Waals surface area contributed by atoms with Gasteiger partial charge < -0.3 is 10.1 Å². The zero-order valence-electron chi connectivity index (χ0n) is 11.3. The van der Waals surface area contributed by atoms with E-state index in [4.69, 9.17) is 4.74 Å². The zero-order chi connectivity index (χ0) is 14.5. The summed E-state index contributed by atoms with van der Waals surface area (Å²) in [5, 5.41) is 3.11. The van der Waals surface area contributed by atoms with Crippen LogP contribution in [0, 0.1) is 0 Å². The van der Waals surface area contributed by atoms with Crippen molar-refractivity contribution in [2.45, 2.75) is 31.2 Å². The summed E-state index contributed by atoms with van der Waals surface area (Å²) in [5.74, 6) is -0.254. The Morgan fingerprint density at radius 2 is 1.89 bits per heavy atom. The van der Waals surface area contributed by atoms with Crippen molar-refractivity contribution in [1.82, 2.24) is 0 Å². The number of carbonyl (C=O) groups excluding carboxylic acids is 1. The Morgan fingerprint density at radius 3 is 2.37 bits per heavy atom. The Morgan fingerprint density at radius 1 is 1.32 bits per heavy atom. The van der Waals surface area contributed by atoms with Crippen LogP contribution in [0.5, 0.6) is 0 Å². The molecule has 1 N–H and O–H groups in total. The lowest BCUT2D eigenvalue weighted by atomic mass is 10.2. The van der Waals surface area contributed by atoms with Gasteiger partial charge in [-0.05, 0) is 38.1 Å². The molecule has 1 aromatic carbocycles. The number of hydrogen-bond donors (Lipinski definition) is 1. The fourth-order valence-electron chi connectivity index (χ4n) is 1.60. The van der Waals surface area contributed by atoms with Gasteiger partial charge >= 0.3 is 5.97 Å². The van der Waals surface area contributed by atoms with E-state index in [1.165, 1.54) is 18.4 Å². The summed E-state index contributed by atoms with van der Waals surface area (Å²) in [4.78, 5) is 11.6. The van der Waals surface area contributed by atoms with Crippen LogP contribution in [0.25, 0.3) is 0 Å². The van der Waals surface area contributed by atoms with Gasteiger partial charge in [0.05, 0.1) is 17.9 Å². The Labute approximate surface area is 113 Å². The second-order valence-electron chi connectivity index (χ2n) is 4.35. The standard InChI is InChI=1S/C13H19NO4S/c1-4-18-13(15)9-10(2)14-11-5-7-12(8-6-11)19(3,16)17/h5-8,10,14H,4,9H2,1-3H3. The van der Waals surface area contributed by atoms with Gasteiger partial charge in [-0.25, -0.2) is 8.42 Å².